The van der Waals surface area contributed by atoms with Crippen molar-refractivity contribution in [3.8, 4) is 5.75 Å². The summed E-state index contributed by atoms with van der Waals surface area (Å²) in [6.07, 6.45) is 0. The second-order valence-electron chi connectivity index (χ2n) is 2.96. The molecule has 0 radical (unpaired) electrons. The van der Waals surface area contributed by atoms with Gasteiger partial charge in [0.05, 0.1) is 7.11 Å². The lowest BCUT2D eigenvalue weighted by atomic mass is 10.0. The van der Waals surface area contributed by atoms with Crippen molar-refractivity contribution in [1.29, 1.82) is 0 Å². The third kappa shape index (κ3) is 1.59. The lowest BCUT2D eigenvalue weighted by Gasteiger charge is -2.12. The Labute approximate surface area is 73.3 Å². The Balaban J connectivity index is 3.14. The van der Waals surface area contributed by atoms with Crippen LogP contribution in [0.3, 0.4) is 0 Å². The molecule has 0 aromatic heterocycles. The molecule has 0 amide bonds. The molecule has 0 fully saturated rings. The van der Waals surface area contributed by atoms with Crippen molar-refractivity contribution in [2.45, 2.75) is 19.9 Å². The summed E-state index contributed by atoms with van der Waals surface area (Å²) in [6, 6.07) is 6.01. The molecule has 0 aliphatic rings. The van der Waals surface area contributed by atoms with Gasteiger partial charge in [-0.2, -0.15) is 0 Å². The van der Waals surface area contributed by atoms with E-state index in [1.54, 1.807) is 7.11 Å². The molecule has 1 atom stereocenters. The number of methoxy groups -OCH3 is 1. The third-order valence-electron chi connectivity index (χ3n) is 2.04. The van der Waals surface area contributed by atoms with E-state index in [0.29, 0.717) is 0 Å². The molecule has 2 heteroatoms. The van der Waals surface area contributed by atoms with E-state index in [1.165, 1.54) is 0 Å². The Morgan fingerprint density at radius 1 is 1.42 bits per heavy atom. The normalized spacial score (nSPS) is 12.7. The van der Waals surface area contributed by atoms with Gasteiger partial charge in [0.1, 0.15) is 5.75 Å². The van der Waals surface area contributed by atoms with Gasteiger partial charge in [-0.1, -0.05) is 12.1 Å². The summed E-state index contributed by atoms with van der Waals surface area (Å²) in [6.45, 7) is 4.00. The molecular formula is C10H15NO. The maximum Gasteiger partial charge on any atom is 0.122 e. The molecule has 0 unspecified atom stereocenters. The molecule has 0 bridgehead atoms. The first-order valence-corrected chi connectivity index (χ1v) is 4.06. The molecule has 2 nitrogen and oxygen atoms in total. The second-order valence-corrected chi connectivity index (χ2v) is 2.96. The lowest BCUT2D eigenvalue weighted by molar-refractivity contribution is 0.410. The van der Waals surface area contributed by atoms with Gasteiger partial charge in [0, 0.05) is 6.04 Å². The van der Waals surface area contributed by atoms with Gasteiger partial charge in [-0.3, -0.25) is 0 Å². The van der Waals surface area contributed by atoms with Crippen LogP contribution >= 0.6 is 0 Å². The lowest BCUT2D eigenvalue weighted by Crippen LogP contribution is -2.07. The van der Waals surface area contributed by atoms with Crippen molar-refractivity contribution in [3.63, 3.8) is 0 Å². The van der Waals surface area contributed by atoms with Gasteiger partial charge in [-0.15, -0.1) is 0 Å². The summed E-state index contributed by atoms with van der Waals surface area (Å²) >= 11 is 0. The van der Waals surface area contributed by atoms with Gasteiger partial charge < -0.3 is 10.5 Å². The molecule has 0 spiro atoms. The molecule has 0 saturated carbocycles. The van der Waals surface area contributed by atoms with E-state index in [2.05, 4.69) is 0 Å². The van der Waals surface area contributed by atoms with Gasteiger partial charge in [-0.25, -0.2) is 0 Å². The minimum atomic E-state index is 0.0695. The van der Waals surface area contributed by atoms with Crippen molar-refractivity contribution >= 4 is 0 Å². The van der Waals surface area contributed by atoms with Crippen LogP contribution in [-0.4, -0.2) is 7.11 Å². The maximum atomic E-state index is 5.78. The zero-order valence-electron chi connectivity index (χ0n) is 7.79. The monoisotopic (exact) mass is 165 g/mol. The topological polar surface area (TPSA) is 35.2 Å². The quantitative estimate of drug-likeness (QED) is 0.727. The van der Waals surface area contributed by atoms with E-state index >= 15 is 0 Å². The van der Waals surface area contributed by atoms with Gasteiger partial charge in [0.15, 0.2) is 0 Å². The van der Waals surface area contributed by atoms with Crippen molar-refractivity contribution < 1.29 is 4.74 Å². The zero-order chi connectivity index (χ0) is 9.14. The number of rotatable bonds is 2. The molecule has 1 rings (SSSR count). The molecule has 0 aliphatic heterocycles. The molecule has 66 valence electrons. The van der Waals surface area contributed by atoms with Crippen LogP contribution < -0.4 is 10.5 Å². The largest absolute Gasteiger partial charge is 0.496 e. The highest BCUT2D eigenvalue weighted by Gasteiger charge is 2.06. The smallest absolute Gasteiger partial charge is 0.122 e. The fourth-order valence-corrected chi connectivity index (χ4v) is 1.35. The van der Waals surface area contributed by atoms with Gasteiger partial charge in [-0.05, 0) is 31.0 Å². The second kappa shape index (κ2) is 3.59. The van der Waals surface area contributed by atoms with Crippen molar-refractivity contribution in [2.75, 3.05) is 7.11 Å². The Morgan fingerprint density at radius 3 is 2.58 bits per heavy atom. The van der Waals surface area contributed by atoms with Gasteiger partial charge >= 0.3 is 0 Å². The minimum absolute atomic E-state index is 0.0695. The van der Waals surface area contributed by atoms with E-state index in [9.17, 15) is 0 Å². The first kappa shape index (κ1) is 9.07. The van der Waals surface area contributed by atoms with Crippen LogP contribution in [0, 0.1) is 6.92 Å². The summed E-state index contributed by atoms with van der Waals surface area (Å²) in [5, 5.41) is 0. The molecule has 1 aromatic carbocycles. The Bertz CT molecular complexity index is 269. The fraction of sp³-hybridized carbons (Fsp3) is 0.400. The Hall–Kier alpha value is -1.02. The van der Waals surface area contributed by atoms with E-state index < -0.39 is 0 Å². The highest BCUT2D eigenvalue weighted by molar-refractivity contribution is 5.40. The SMILES string of the molecule is COc1cccc([C@@H](C)N)c1C. The van der Waals surface area contributed by atoms with Crippen molar-refractivity contribution in [3.05, 3.63) is 29.3 Å². The molecule has 12 heavy (non-hydrogen) atoms. The molecule has 2 N–H and O–H groups in total. The molecule has 1 aromatic rings. The third-order valence-corrected chi connectivity index (χ3v) is 2.04. The van der Waals surface area contributed by atoms with Gasteiger partial charge in [0.25, 0.3) is 0 Å². The van der Waals surface area contributed by atoms with E-state index in [0.717, 1.165) is 16.9 Å². The number of ether oxygens (including phenoxy) is 1. The maximum absolute atomic E-state index is 5.78. The van der Waals surface area contributed by atoms with Crippen LogP contribution in [0.25, 0.3) is 0 Å². The predicted molar refractivity (Wildman–Crippen MR) is 50.3 cm³/mol. The van der Waals surface area contributed by atoms with Crippen molar-refractivity contribution in [1.82, 2.24) is 0 Å². The van der Waals surface area contributed by atoms with E-state index in [4.69, 9.17) is 10.5 Å². The van der Waals surface area contributed by atoms with Gasteiger partial charge in [0.2, 0.25) is 0 Å². The first-order chi connectivity index (χ1) is 5.66. The first-order valence-electron chi connectivity index (χ1n) is 4.06. The summed E-state index contributed by atoms with van der Waals surface area (Å²) in [5.74, 6) is 0.907. The highest BCUT2D eigenvalue weighted by Crippen LogP contribution is 2.24. The Kier molecular flexibility index (Phi) is 2.71. The van der Waals surface area contributed by atoms with Crippen LogP contribution in [0.5, 0.6) is 5.75 Å². The Morgan fingerprint density at radius 2 is 2.08 bits per heavy atom. The molecule has 0 heterocycles. The average Bonchev–Trinajstić information content (AvgIpc) is 2.04. The summed E-state index contributed by atoms with van der Waals surface area (Å²) in [4.78, 5) is 0. The summed E-state index contributed by atoms with van der Waals surface area (Å²) < 4.78 is 5.18. The number of nitrogens with two attached hydrogens (primary N) is 1. The fourth-order valence-electron chi connectivity index (χ4n) is 1.35. The molecule has 0 aliphatic carbocycles. The summed E-state index contributed by atoms with van der Waals surface area (Å²) in [7, 11) is 1.67. The highest BCUT2D eigenvalue weighted by atomic mass is 16.5. The van der Waals surface area contributed by atoms with Crippen LogP contribution in [0.4, 0.5) is 0 Å². The predicted octanol–water partition coefficient (Wildman–Crippen LogP) is 2.02. The number of benzene rings is 1. The number of hydrogen-bond acceptors (Lipinski definition) is 2. The minimum Gasteiger partial charge on any atom is -0.496 e. The van der Waals surface area contributed by atoms with Crippen LogP contribution in [0.15, 0.2) is 18.2 Å². The van der Waals surface area contributed by atoms with Crippen molar-refractivity contribution in [2.24, 2.45) is 5.73 Å². The average molecular weight is 165 g/mol. The standard InChI is InChI=1S/C10H15NO/c1-7-9(8(2)11)5-4-6-10(7)12-3/h4-6,8H,11H2,1-3H3/t8-/m1/s1. The number of hydrogen-bond donors (Lipinski definition) is 1. The van der Waals surface area contributed by atoms with Crippen LogP contribution in [0.1, 0.15) is 24.1 Å². The molecule has 0 saturated heterocycles. The summed E-state index contributed by atoms with van der Waals surface area (Å²) in [5.41, 5.74) is 8.06. The zero-order valence-corrected chi connectivity index (χ0v) is 7.79. The van der Waals surface area contributed by atoms with E-state index in [1.807, 2.05) is 32.0 Å². The van der Waals surface area contributed by atoms with E-state index in [-0.39, 0.29) is 6.04 Å². The molecular weight excluding hydrogens is 150 g/mol. The van der Waals surface area contributed by atoms with Crippen LogP contribution in [0.2, 0.25) is 0 Å². The van der Waals surface area contributed by atoms with Crippen LogP contribution in [-0.2, 0) is 0 Å².